The van der Waals surface area contributed by atoms with Crippen LogP contribution < -0.4 is 11.1 Å². The van der Waals surface area contributed by atoms with E-state index >= 15 is 0 Å². The monoisotopic (exact) mass is 350 g/mol. The minimum Gasteiger partial charge on any atom is -0.365 e. The number of pyridine rings is 1. The van der Waals surface area contributed by atoms with Crippen LogP contribution in [0.15, 0.2) is 54.4 Å². The molecule has 0 atom stereocenters. The Morgan fingerprint density at radius 1 is 1.19 bits per heavy atom. The van der Waals surface area contributed by atoms with Gasteiger partial charge in [-0.1, -0.05) is 30.7 Å². The SMILES string of the molecule is CCc1cc(C)cc(CNC(=O)/C(=C/C(=N)c2ccncc2)C(N)=O)c1. The highest BCUT2D eigenvalue weighted by Crippen LogP contribution is 2.11. The Labute approximate surface area is 152 Å². The zero-order valence-corrected chi connectivity index (χ0v) is 14.9. The van der Waals surface area contributed by atoms with E-state index in [-0.39, 0.29) is 17.8 Å². The fourth-order valence-corrected chi connectivity index (χ4v) is 2.54. The number of carbonyl (C=O) groups is 2. The van der Waals surface area contributed by atoms with Gasteiger partial charge in [-0.3, -0.25) is 14.6 Å². The van der Waals surface area contributed by atoms with Gasteiger partial charge in [0.25, 0.3) is 11.8 Å². The summed E-state index contributed by atoms with van der Waals surface area (Å²) in [6, 6.07) is 9.32. The molecular weight excluding hydrogens is 328 g/mol. The highest BCUT2D eigenvalue weighted by molar-refractivity contribution is 6.23. The lowest BCUT2D eigenvalue weighted by Gasteiger charge is -2.09. The van der Waals surface area contributed by atoms with Crippen LogP contribution in [-0.4, -0.2) is 22.5 Å². The molecule has 2 rings (SSSR count). The summed E-state index contributed by atoms with van der Waals surface area (Å²) >= 11 is 0. The molecule has 4 N–H and O–H groups in total. The third kappa shape index (κ3) is 5.11. The van der Waals surface area contributed by atoms with Crippen molar-refractivity contribution in [3.63, 3.8) is 0 Å². The maximum Gasteiger partial charge on any atom is 0.257 e. The molecular formula is C20H22N4O2. The van der Waals surface area contributed by atoms with Crippen LogP contribution >= 0.6 is 0 Å². The summed E-state index contributed by atoms with van der Waals surface area (Å²) in [5, 5.41) is 10.7. The maximum atomic E-state index is 12.4. The number of aromatic nitrogens is 1. The molecule has 0 saturated carbocycles. The summed E-state index contributed by atoms with van der Waals surface area (Å²) in [6.07, 6.45) is 5.15. The molecule has 0 saturated heterocycles. The first-order valence-electron chi connectivity index (χ1n) is 8.28. The number of rotatable bonds is 7. The Morgan fingerprint density at radius 2 is 1.85 bits per heavy atom. The number of benzene rings is 1. The van der Waals surface area contributed by atoms with Gasteiger partial charge in [0.2, 0.25) is 0 Å². The topological polar surface area (TPSA) is 109 Å². The normalized spacial score (nSPS) is 11.1. The lowest BCUT2D eigenvalue weighted by Crippen LogP contribution is -2.31. The van der Waals surface area contributed by atoms with Gasteiger partial charge in [0.15, 0.2) is 0 Å². The summed E-state index contributed by atoms with van der Waals surface area (Å²) < 4.78 is 0. The predicted octanol–water partition coefficient (Wildman–Crippen LogP) is 2.05. The Balaban J connectivity index is 2.14. The van der Waals surface area contributed by atoms with Crippen molar-refractivity contribution in [3.05, 3.63) is 76.6 Å². The molecule has 134 valence electrons. The van der Waals surface area contributed by atoms with Gasteiger partial charge < -0.3 is 16.5 Å². The number of nitrogens with one attached hydrogen (secondary N) is 2. The molecule has 2 amide bonds. The average Bonchev–Trinajstić information content (AvgIpc) is 2.63. The van der Waals surface area contributed by atoms with Crippen molar-refractivity contribution in [1.29, 1.82) is 5.41 Å². The number of nitrogens with zero attached hydrogens (tertiary/aromatic N) is 1. The molecule has 0 aliphatic rings. The second-order valence-electron chi connectivity index (χ2n) is 5.93. The summed E-state index contributed by atoms with van der Waals surface area (Å²) in [7, 11) is 0. The third-order valence-electron chi connectivity index (χ3n) is 3.85. The van der Waals surface area contributed by atoms with Gasteiger partial charge >= 0.3 is 0 Å². The molecule has 0 radical (unpaired) electrons. The van der Waals surface area contributed by atoms with Gasteiger partial charge in [-0.25, -0.2) is 0 Å². The van der Waals surface area contributed by atoms with Gasteiger partial charge in [0.1, 0.15) is 5.57 Å². The highest BCUT2D eigenvalue weighted by Gasteiger charge is 2.16. The van der Waals surface area contributed by atoms with E-state index in [2.05, 4.69) is 23.3 Å². The van der Waals surface area contributed by atoms with Crippen molar-refractivity contribution < 1.29 is 9.59 Å². The van der Waals surface area contributed by atoms with Crippen LogP contribution in [0.3, 0.4) is 0 Å². The smallest absolute Gasteiger partial charge is 0.257 e. The largest absolute Gasteiger partial charge is 0.365 e. The molecule has 0 aliphatic carbocycles. The minimum absolute atomic E-state index is 0.0141. The Kier molecular flexibility index (Phi) is 6.38. The van der Waals surface area contributed by atoms with Crippen LogP contribution in [0, 0.1) is 12.3 Å². The van der Waals surface area contributed by atoms with Crippen LogP contribution in [0.4, 0.5) is 0 Å². The first kappa shape index (κ1) is 19.1. The molecule has 26 heavy (non-hydrogen) atoms. The van der Waals surface area contributed by atoms with Gasteiger partial charge in [-0.2, -0.15) is 0 Å². The Morgan fingerprint density at radius 3 is 2.46 bits per heavy atom. The Bertz CT molecular complexity index is 857. The van der Waals surface area contributed by atoms with Crippen LogP contribution in [0.25, 0.3) is 0 Å². The van der Waals surface area contributed by atoms with Crippen molar-refractivity contribution in [1.82, 2.24) is 10.3 Å². The molecule has 0 unspecified atom stereocenters. The van der Waals surface area contributed by atoms with E-state index in [9.17, 15) is 9.59 Å². The first-order valence-corrected chi connectivity index (χ1v) is 8.28. The number of allylic oxidation sites excluding steroid dienone is 1. The van der Waals surface area contributed by atoms with Crippen molar-refractivity contribution >= 4 is 17.5 Å². The number of aryl methyl sites for hydroxylation is 2. The molecule has 0 spiro atoms. The van der Waals surface area contributed by atoms with E-state index in [0.29, 0.717) is 5.56 Å². The molecule has 6 heteroatoms. The molecule has 2 aromatic rings. The number of hydrogen-bond donors (Lipinski definition) is 3. The molecule has 0 fully saturated rings. The zero-order chi connectivity index (χ0) is 19.1. The molecule has 1 heterocycles. The Hall–Kier alpha value is -3.28. The number of hydrogen-bond acceptors (Lipinski definition) is 4. The van der Waals surface area contributed by atoms with E-state index in [1.54, 1.807) is 12.1 Å². The van der Waals surface area contributed by atoms with Crippen LogP contribution in [0.5, 0.6) is 0 Å². The standard InChI is InChI=1S/C20H22N4O2/c1-3-14-8-13(2)9-15(10-14)12-24-20(26)17(19(22)25)11-18(21)16-4-6-23-7-5-16/h4-11,21H,3,12H2,1-2H3,(H2,22,25)(H,24,26)/b17-11+,21-18?. The second-order valence-corrected chi connectivity index (χ2v) is 5.93. The quantitative estimate of drug-likeness (QED) is 0.308. The predicted molar refractivity (Wildman–Crippen MR) is 101 cm³/mol. The fraction of sp³-hybridized carbons (Fsp3) is 0.200. The van der Waals surface area contributed by atoms with E-state index in [1.807, 2.05) is 19.1 Å². The van der Waals surface area contributed by atoms with Crippen LogP contribution in [0.2, 0.25) is 0 Å². The van der Waals surface area contributed by atoms with Gasteiger partial charge in [-0.05, 0) is 42.7 Å². The molecule has 1 aromatic carbocycles. The lowest BCUT2D eigenvalue weighted by atomic mass is 10.0. The van der Waals surface area contributed by atoms with Gasteiger partial charge in [0, 0.05) is 24.5 Å². The van der Waals surface area contributed by atoms with Gasteiger partial charge in [-0.15, -0.1) is 0 Å². The molecule has 1 aromatic heterocycles. The summed E-state index contributed by atoms with van der Waals surface area (Å²) in [5.74, 6) is -1.48. The molecule has 6 nitrogen and oxygen atoms in total. The van der Waals surface area contributed by atoms with Gasteiger partial charge in [0.05, 0.1) is 5.71 Å². The number of nitrogens with two attached hydrogens (primary N) is 1. The first-order chi connectivity index (χ1) is 12.4. The maximum absolute atomic E-state index is 12.4. The molecule has 0 aliphatic heterocycles. The van der Waals surface area contributed by atoms with Crippen molar-refractivity contribution in [2.75, 3.05) is 0 Å². The zero-order valence-electron chi connectivity index (χ0n) is 14.9. The number of amides is 2. The minimum atomic E-state index is -0.875. The second kappa shape index (κ2) is 8.71. The fourth-order valence-electron chi connectivity index (χ4n) is 2.54. The summed E-state index contributed by atoms with van der Waals surface area (Å²) in [5.41, 5.74) is 8.86. The summed E-state index contributed by atoms with van der Waals surface area (Å²) in [4.78, 5) is 27.9. The summed E-state index contributed by atoms with van der Waals surface area (Å²) in [6.45, 7) is 4.34. The van der Waals surface area contributed by atoms with Crippen LogP contribution in [-0.2, 0) is 22.6 Å². The van der Waals surface area contributed by atoms with Crippen LogP contribution in [0.1, 0.15) is 29.2 Å². The number of carbonyl (C=O) groups excluding carboxylic acids is 2. The van der Waals surface area contributed by atoms with E-state index in [4.69, 9.17) is 11.1 Å². The highest BCUT2D eigenvalue weighted by atomic mass is 16.2. The van der Waals surface area contributed by atoms with Crippen molar-refractivity contribution in [3.8, 4) is 0 Å². The van der Waals surface area contributed by atoms with E-state index in [0.717, 1.165) is 17.5 Å². The average molecular weight is 350 g/mol. The third-order valence-corrected chi connectivity index (χ3v) is 3.85. The van der Waals surface area contributed by atoms with Crippen molar-refractivity contribution in [2.45, 2.75) is 26.8 Å². The number of primary amides is 1. The van der Waals surface area contributed by atoms with E-state index in [1.165, 1.54) is 24.0 Å². The lowest BCUT2D eigenvalue weighted by molar-refractivity contribution is -0.122. The van der Waals surface area contributed by atoms with E-state index < -0.39 is 11.8 Å². The molecule has 0 bridgehead atoms. The van der Waals surface area contributed by atoms with Crippen molar-refractivity contribution in [2.24, 2.45) is 5.73 Å².